The molecule has 3 heterocycles. The lowest BCUT2D eigenvalue weighted by molar-refractivity contribution is -0.117. The lowest BCUT2D eigenvalue weighted by Gasteiger charge is -2.10. The molecule has 0 radical (unpaired) electrons. The quantitative estimate of drug-likeness (QED) is 0.281. The van der Waals surface area contributed by atoms with Crippen molar-refractivity contribution in [2.45, 2.75) is 12.8 Å². The molecule has 2 aromatic carbocycles. The third-order valence-corrected chi connectivity index (χ3v) is 7.02. The molecule has 0 bridgehead atoms. The maximum absolute atomic E-state index is 13.5. The van der Waals surface area contributed by atoms with Crippen LogP contribution in [-0.2, 0) is 4.79 Å². The number of H-pyrrole nitrogens is 1. The second-order valence-electron chi connectivity index (χ2n) is 8.59. The molecule has 36 heavy (non-hydrogen) atoms. The molecule has 1 aliphatic rings. The molecule has 3 N–H and O–H groups in total. The van der Waals surface area contributed by atoms with Crippen LogP contribution < -0.4 is 15.4 Å². The van der Waals surface area contributed by atoms with E-state index in [2.05, 4.69) is 25.6 Å². The number of carbonyl (C=O) groups is 2. The number of aromatic nitrogens is 3. The molecule has 3 aromatic heterocycles. The summed E-state index contributed by atoms with van der Waals surface area (Å²) < 4.78 is 19.6. The van der Waals surface area contributed by atoms with Crippen LogP contribution in [0.25, 0.3) is 32.4 Å². The second kappa shape index (κ2) is 8.72. The Morgan fingerprint density at radius 2 is 1.97 bits per heavy atom. The van der Waals surface area contributed by atoms with Crippen molar-refractivity contribution in [3.05, 3.63) is 66.2 Å². The lowest BCUT2D eigenvalue weighted by atomic mass is 10.1. The van der Waals surface area contributed by atoms with E-state index >= 15 is 0 Å². The first-order valence-electron chi connectivity index (χ1n) is 11.3. The Balaban J connectivity index is 1.30. The molecular formula is C26H20FN5O3S. The molecule has 10 heteroatoms. The van der Waals surface area contributed by atoms with Gasteiger partial charge in [-0.2, -0.15) is 0 Å². The number of fused-ring (bicyclic) bond motifs is 2. The number of pyridine rings is 1. The number of aromatic amines is 1. The number of hydrogen-bond acceptors (Lipinski definition) is 6. The second-order valence-corrected chi connectivity index (χ2v) is 9.62. The summed E-state index contributed by atoms with van der Waals surface area (Å²) in [7, 11) is 1.41. The lowest BCUT2D eigenvalue weighted by Crippen LogP contribution is -2.12. The van der Waals surface area contributed by atoms with Gasteiger partial charge in [-0.1, -0.05) is 17.4 Å². The summed E-state index contributed by atoms with van der Waals surface area (Å²) in [5, 5.41) is 6.92. The first-order valence-corrected chi connectivity index (χ1v) is 12.1. The van der Waals surface area contributed by atoms with E-state index in [1.807, 2.05) is 24.3 Å². The van der Waals surface area contributed by atoms with Crippen LogP contribution in [0.1, 0.15) is 23.2 Å². The van der Waals surface area contributed by atoms with E-state index in [-0.39, 0.29) is 23.5 Å². The number of nitrogens with one attached hydrogen (secondary N) is 3. The molecule has 0 aliphatic heterocycles. The molecule has 1 saturated carbocycles. The van der Waals surface area contributed by atoms with Crippen molar-refractivity contribution in [1.82, 2.24) is 15.0 Å². The first-order chi connectivity index (χ1) is 17.5. The number of rotatable bonds is 6. The Bertz CT molecular complexity index is 1660. The van der Waals surface area contributed by atoms with Gasteiger partial charge in [0.2, 0.25) is 5.91 Å². The molecule has 5 aromatic rings. The Labute approximate surface area is 208 Å². The van der Waals surface area contributed by atoms with E-state index in [0.717, 1.165) is 34.2 Å². The van der Waals surface area contributed by atoms with Gasteiger partial charge < -0.3 is 20.4 Å². The number of halogens is 1. The molecule has 1 fully saturated rings. The number of amides is 2. The summed E-state index contributed by atoms with van der Waals surface area (Å²) in [6.07, 6.45) is 5.20. The van der Waals surface area contributed by atoms with Crippen LogP contribution >= 0.6 is 11.3 Å². The van der Waals surface area contributed by atoms with Gasteiger partial charge in [-0.05, 0) is 48.7 Å². The maximum Gasteiger partial charge on any atom is 0.257 e. The molecule has 0 atom stereocenters. The molecule has 180 valence electrons. The highest BCUT2D eigenvalue weighted by atomic mass is 32.1. The van der Waals surface area contributed by atoms with Crippen molar-refractivity contribution in [3.63, 3.8) is 0 Å². The molecule has 1 aliphatic carbocycles. The molecule has 0 unspecified atom stereocenters. The largest absolute Gasteiger partial charge is 0.494 e. The van der Waals surface area contributed by atoms with Crippen molar-refractivity contribution < 1.29 is 18.7 Å². The van der Waals surface area contributed by atoms with Gasteiger partial charge in [0, 0.05) is 35.3 Å². The predicted molar refractivity (Wildman–Crippen MR) is 137 cm³/mol. The Kier molecular flexibility index (Phi) is 5.37. The summed E-state index contributed by atoms with van der Waals surface area (Å²) in [6, 6.07) is 11.7. The van der Waals surface area contributed by atoms with Crippen molar-refractivity contribution in [2.24, 2.45) is 5.92 Å². The van der Waals surface area contributed by atoms with E-state index < -0.39 is 5.82 Å². The zero-order chi connectivity index (χ0) is 24.8. The van der Waals surface area contributed by atoms with Crippen LogP contribution in [0, 0.1) is 11.7 Å². The highest BCUT2D eigenvalue weighted by Crippen LogP contribution is 2.34. The highest BCUT2D eigenvalue weighted by Gasteiger charge is 2.30. The van der Waals surface area contributed by atoms with Gasteiger partial charge >= 0.3 is 0 Å². The monoisotopic (exact) mass is 501 g/mol. The number of nitrogens with zero attached hydrogens (tertiary/aromatic N) is 2. The molecule has 8 nitrogen and oxygen atoms in total. The van der Waals surface area contributed by atoms with Crippen LogP contribution in [0.3, 0.4) is 0 Å². The van der Waals surface area contributed by atoms with Crippen molar-refractivity contribution in [1.29, 1.82) is 0 Å². The Morgan fingerprint density at radius 1 is 1.11 bits per heavy atom. The maximum atomic E-state index is 13.5. The van der Waals surface area contributed by atoms with Crippen LogP contribution in [0.15, 0.2) is 54.9 Å². The third-order valence-electron chi connectivity index (χ3n) is 6.09. The normalized spacial score (nSPS) is 13.2. The van der Waals surface area contributed by atoms with E-state index in [1.54, 1.807) is 12.4 Å². The Hall–Kier alpha value is -4.31. The average Bonchev–Trinajstić information content (AvgIpc) is 3.53. The van der Waals surface area contributed by atoms with Crippen LogP contribution in [0.2, 0.25) is 0 Å². The van der Waals surface area contributed by atoms with Crippen LogP contribution in [0.4, 0.5) is 15.2 Å². The molecular weight excluding hydrogens is 481 g/mol. The standard InChI is InChI=1S/C26H20FN5O3S/c1-35-21-10-16(27)5-7-19(21)30-25(34)18-12-29-23-17(18)8-15(11-28-23)14-4-6-20-22(9-14)36-26(31-20)32-24(33)13-2-3-13/h4-13H,2-3H2,1H3,(H,28,29)(H,30,34)(H,31,32,33). The van der Waals surface area contributed by atoms with E-state index in [4.69, 9.17) is 4.74 Å². The zero-order valence-electron chi connectivity index (χ0n) is 19.1. The number of methoxy groups -OCH3 is 1. The fourth-order valence-corrected chi connectivity index (χ4v) is 4.93. The van der Waals surface area contributed by atoms with Crippen molar-refractivity contribution >= 4 is 55.2 Å². The Morgan fingerprint density at radius 3 is 2.78 bits per heavy atom. The molecule has 6 rings (SSSR count). The van der Waals surface area contributed by atoms with Crippen LogP contribution in [-0.4, -0.2) is 33.9 Å². The SMILES string of the molecule is COc1cc(F)ccc1NC(=O)c1c[nH]c2ncc(-c3ccc4nc(NC(=O)C5CC5)sc4c3)cc12. The summed E-state index contributed by atoms with van der Waals surface area (Å²) in [5.74, 6) is -0.463. The summed E-state index contributed by atoms with van der Waals surface area (Å²) in [5.41, 5.74) is 3.87. The van der Waals surface area contributed by atoms with E-state index in [1.165, 1.54) is 36.6 Å². The molecule has 2 amide bonds. The van der Waals surface area contributed by atoms with Gasteiger partial charge in [0.15, 0.2) is 5.13 Å². The van der Waals surface area contributed by atoms with Gasteiger partial charge in [0.25, 0.3) is 5.91 Å². The van der Waals surface area contributed by atoms with Crippen molar-refractivity contribution in [3.8, 4) is 16.9 Å². The van der Waals surface area contributed by atoms with Gasteiger partial charge in [0.05, 0.1) is 28.6 Å². The molecule has 0 spiro atoms. The van der Waals surface area contributed by atoms with Crippen molar-refractivity contribution in [2.75, 3.05) is 17.7 Å². The fraction of sp³-hybridized carbons (Fsp3) is 0.154. The minimum absolute atomic E-state index is 0.0282. The minimum atomic E-state index is -0.457. The number of ether oxygens (including phenoxy) is 1. The molecule has 0 saturated heterocycles. The number of thiazole rings is 1. The number of benzene rings is 2. The number of anilines is 2. The van der Waals surface area contributed by atoms with Gasteiger partial charge in [-0.15, -0.1) is 0 Å². The third kappa shape index (κ3) is 4.16. The zero-order valence-corrected chi connectivity index (χ0v) is 19.9. The average molecular weight is 502 g/mol. The highest BCUT2D eigenvalue weighted by molar-refractivity contribution is 7.22. The van der Waals surface area contributed by atoms with E-state index in [9.17, 15) is 14.0 Å². The van der Waals surface area contributed by atoms with Crippen LogP contribution in [0.5, 0.6) is 5.75 Å². The summed E-state index contributed by atoms with van der Waals surface area (Å²) in [4.78, 5) is 37.2. The minimum Gasteiger partial charge on any atom is -0.494 e. The van der Waals surface area contributed by atoms with Gasteiger partial charge in [-0.3, -0.25) is 9.59 Å². The predicted octanol–water partition coefficient (Wildman–Crippen LogP) is 5.59. The van der Waals surface area contributed by atoms with Gasteiger partial charge in [-0.25, -0.2) is 14.4 Å². The summed E-state index contributed by atoms with van der Waals surface area (Å²) in [6.45, 7) is 0. The summed E-state index contributed by atoms with van der Waals surface area (Å²) >= 11 is 1.43. The topological polar surface area (TPSA) is 109 Å². The first kappa shape index (κ1) is 22.2. The number of carbonyl (C=O) groups excluding carboxylic acids is 2. The smallest absolute Gasteiger partial charge is 0.257 e. The van der Waals surface area contributed by atoms with Gasteiger partial charge in [0.1, 0.15) is 17.2 Å². The number of hydrogen-bond donors (Lipinski definition) is 3. The fourth-order valence-electron chi connectivity index (χ4n) is 4.02. The van der Waals surface area contributed by atoms with E-state index in [0.29, 0.717) is 27.4 Å².